The van der Waals surface area contributed by atoms with E-state index in [1.807, 2.05) is 48.5 Å². The second-order valence-electron chi connectivity index (χ2n) is 4.21. The smallest absolute Gasteiger partial charge is 0.128 e. The predicted octanol–water partition coefficient (Wildman–Crippen LogP) is 3.33. The Labute approximate surface area is 105 Å². The molecule has 0 amide bonds. The minimum absolute atomic E-state index is 0.512. The first kappa shape index (κ1) is 10.7. The number of fused-ring (bicyclic) bond motifs is 1. The van der Waals surface area contributed by atoms with Gasteiger partial charge in [0.15, 0.2) is 0 Å². The molecule has 0 bridgehead atoms. The summed E-state index contributed by atoms with van der Waals surface area (Å²) in [4.78, 5) is 3.28. The second kappa shape index (κ2) is 4.45. The van der Waals surface area contributed by atoms with Gasteiger partial charge in [0.2, 0.25) is 0 Å². The average molecular weight is 238 g/mol. The normalized spacial score (nSPS) is 10.7. The molecule has 3 heteroatoms. The van der Waals surface area contributed by atoms with Gasteiger partial charge < -0.3 is 15.5 Å². The standard InChI is InChI=1S/C15H14N2O/c16-14-8-4-5-11-9-12(17-15(11)14)10-18-13-6-2-1-3-7-13/h1-9,17H,10,16H2. The van der Waals surface area contributed by atoms with E-state index in [0.717, 1.165) is 28.0 Å². The van der Waals surface area contributed by atoms with Crippen molar-refractivity contribution in [2.45, 2.75) is 6.61 Å². The molecule has 3 aromatic rings. The lowest BCUT2D eigenvalue weighted by Crippen LogP contribution is -1.95. The fourth-order valence-electron chi connectivity index (χ4n) is 1.99. The van der Waals surface area contributed by atoms with Gasteiger partial charge in [-0.3, -0.25) is 0 Å². The molecule has 0 aliphatic heterocycles. The average Bonchev–Trinajstić information content (AvgIpc) is 2.82. The molecular formula is C15H14N2O. The van der Waals surface area contributed by atoms with E-state index in [-0.39, 0.29) is 0 Å². The highest BCUT2D eigenvalue weighted by Crippen LogP contribution is 2.22. The summed E-state index contributed by atoms with van der Waals surface area (Å²) in [5.74, 6) is 0.865. The zero-order chi connectivity index (χ0) is 12.4. The van der Waals surface area contributed by atoms with Gasteiger partial charge in [-0.1, -0.05) is 30.3 Å². The molecule has 1 heterocycles. The number of nitrogens with two attached hydrogens (primary N) is 1. The van der Waals surface area contributed by atoms with Crippen molar-refractivity contribution < 1.29 is 4.74 Å². The van der Waals surface area contributed by atoms with E-state index in [2.05, 4.69) is 11.1 Å². The van der Waals surface area contributed by atoms with Crippen molar-refractivity contribution in [3.8, 4) is 5.75 Å². The molecule has 3 rings (SSSR count). The maximum absolute atomic E-state index is 5.90. The summed E-state index contributed by atoms with van der Waals surface area (Å²) in [6.07, 6.45) is 0. The van der Waals surface area contributed by atoms with Crippen molar-refractivity contribution in [1.82, 2.24) is 4.98 Å². The van der Waals surface area contributed by atoms with Crippen LogP contribution in [0.3, 0.4) is 0 Å². The molecule has 0 radical (unpaired) electrons. The number of H-pyrrole nitrogens is 1. The molecule has 0 atom stereocenters. The van der Waals surface area contributed by atoms with Crippen LogP contribution in [0, 0.1) is 0 Å². The highest BCUT2D eigenvalue weighted by molar-refractivity contribution is 5.90. The van der Waals surface area contributed by atoms with Crippen molar-refractivity contribution in [2.75, 3.05) is 5.73 Å². The minimum Gasteiger partial charge on any atom is -0.487 e. The quantitative estimate of drug-likeness (QED) is 0.688. The van der Waals surface area contributed by atoms with Gasteiger partial charge in [0.1, 0.15) is 12.4 Å². The Bertz CT molecular complexity index is 659. The Kier molecular flexibility index (Phi) is 2.65. The fraction of sp³-hybridized carbons (Fsp3) is 0.0667. The summed E-state index contributed by atoms with van der Waals surface area (Å²) in [6, 6.07) is 17.7. The second-order valence-corrected chi connectivity index (χ2v) is 4.21. The highest BCUT2D eigenvalue weighted by atomic mass is 16.5. The predicted molar refractivity (Wildman–Crippen MR) is 73.5 cm³/mol. The number of rotatable bonds is 3. The summed E-state index contributed by atoms with van der Waals surface area (Å²) in [5, 5.41) is 1.11. The van der Waals surface area contributed by atoms with Gasteiger partial charge in [0.05, 0.1) is 16.9 Å². The summed E-state index contributed by atoms with van der Waals surface area (Å²) in [6.45, 7) is 0.512. The van der Waals surface area contributed by atoms with Crippen molar-refractivity contribution >= 4 is 16.6 Å². The van der Waals surface area contributed by atoms with Gasteiger partial charge in [-0.2, -0.15) is 0 Å². The Balaban J connectivity index is 1.81. The zero-order valence-corrected chi connectivity index (χ0v) is 9.89. The van der Waals surface area contributed by atoms with Crippen LogP contribution >= 0.6 is 0 Å². The van der Waals surface area contributed by atoms with Gasteiger partial charge in [-0.05, 0) is 24.3 Å². The Morgan fingerprint density at radius 1 is 1.00 bits per heavy atom. The molecule has 0 unspecified atom stereocenters. The van der Waals surface area contributed by atoms with Crippen LogP contribution in [-0.4, -0.2) is 4.98 Å². The van der Waals surface area contributed by atoms with Crippen molar-refractivity contribution in [1.29, 1.82) is 0 Å². The lowest BCUT2D eigenvalue weighted by molar-refractivity contribution is 0.302. The zero-order valence-electron chi connectivity index (χ0n) is 9.89. The third-order valence-electron chi connectivity index (χ3n) is 2.88. The molecule has 2 aromatic carbocycles. The number of ether oxygens (including phenoxy) is 1. The molecule has 90 valence electrons. The van der Waals surface area contributed by atoms with Gasteiger partial charge in [-0.25, -0.2) is 0 Å². The first-order valence-corrected chi connectivity index (χ1v) is 5.87. The number of para-hydroxylation sites is 2. The van der Waals surface area contributed by atoms with E-state index < -0.39 is 0 Å². The summed E-state index contributed by atoms with van der Waals surface area (Å²) in [7, 11) is 0. The van der Waals surface area contributed by atoms with Gasteiger partial charge in [0.25, 0.3) is 0 Å². The molecule has 0 aliphatic rings. The van der Waals surface area contributed by atoms with Crippen LogP contribution in [0.2, 0.25) is 0 Å². The first-order valence-electron chi connectivity index (χ1n) is 5.87. The molecule has 0 aliphatic carbocycles. The number of aromatic amines is 1. The Hall–Kier alpha value is -2.42. The van der Waals surface area contributed by atoms with E-state index >= 15 is 0 Å². The molecule has 1 aromatic heterocycles. The van der Waals surface area contributed by atoms with E-state index in [1.54, 1.807) is 0 Å². The molecular weight excluding hydrogens is 224 g/mol. The first-order chi connectivity index (χ1) is 8.83. The molecule has 0 spiro atoms. The Morgan fingerprint density at radius 2 is 1.83 bits per heavy atom. The van der Waals surface area contributed by atoms with Crippen LogP contribution in [0.15, 0.2) is 54.6 Å². The van der Waals surface area contributed by atoms with E-state index in [0.29, 0.717) is 6.61 Å². The summed E-state index contributed by atoms with van der Waals surface area (Å²) < 4.78 is 5.69. The summed E-state index contributed by atoms with van der Waals surface area (Å²) >= 11 is 0. The molecule has 3 nitrogen and oxygen atoms in total. The van der Waals surface area contributed by atoms with Crippen LogP contribution in [0.4, 0.5) is 5.69 Å². The highest BCUT2D eigenvalue weighted by Gasteiger charge is 2.03. The van der Waals surface area contributed by atoms with Gasteiger partial charge >= 0.3 is 0 Å². The van der Waals surface area contributed by atoms with Crippen molar-refractivity contribution in [2.24, 2.45) is 0 Å². The molecule has 0 saturated heterocycles. The topological polar surface area (TPSA) is 51.0 Å². The van der Waals surface area contributed by atoms with Crippen LogP contribution in [0.1, 0.15) is 5.69 Å². The summed E-state index contributed by atoms with van der Waals surface area (Å²) in [5.41, 5.74) is 8.66. The van der Waals surface area contributed by atoms with Gasteiger partial charge in [0, 0.05) is 5.39 Å². The lowest BCUT2D eigenvalue weighted by Gasteiger charge is -2.03. The monoisotopic (exact) mass is 238 g/mol. The van der Waals surface area contributed by atoms with Crippen LogP contribution < -0.4 is 10.5 Å². The third kappa shape index (κ3) is 2.02. The molecule has 18 heavy (non-hydrogen) atoms. The number of nitrogens with one attached hydrogen (secondary N) is 1. The maximum atomic E-state index is 5.90. The van der Waals surface area contributed by atoms with Crippen molar-refractivity contribution in [3.05, 3.63) is 60.3 Å². The molecule has 0 saturated carbocycles. The van der Waals surface area contributed by atoms with E-state index in [4.69, 9.17) is 10.5 Å². The number of aromatic nitrogens is 1. The van der Waals surface area contributed by atoms with E-state index in [1.165, 1.54) is 0 Å². The fourth-order valence-corrected chi connectivity index (χ4v) is 1.99. The maximum Gasteiger partial charge on any atom is 0.128 e. The number of anilines is 1. The number of benzene rings is 2. The number of nitrogen functional groups attached to an aromatic ring is 1. The van der Waals surface area contributed by atoms with Crippen LogP contribution in [-0.2, 0) is 6.61 Å². The molecule has 3 N–H and O–H groups in total. The number of hydrogen-bond acceptors (Lipinski definition) is 2. The van der Waals surface area contributed by atoms with Crippen LogP contribution in [0.5, 0.6) is 5.75 Å². The van der Waals surface area contributed by atoms with Crippen LogP contribution in [0.25, 0.3) is 10.9 Å². The third-order valence-corrected chi connectivity index (χ3v) is 2.88. The van der Waals surface area contributed by atoms with E-state index in [9.17, 15) is 0 Å². The Morgan fingerprint density at radius 3 is 2.61 bits per heavy atom. The van der Waals surface area contributed by atoms with Gasteiger partial charge in [-0.15, -0.1) is 0 Å². The number of hydrogen-bond donors (Lipinski definition) is 2. The molecule has 0 fully saturated rings. The minimum atomic E-state index is 0.512. The largest absolute Gasteiger partial charge is 0.487 e. The SMILES string of the molecule is Nc1cccc2cc(COc3ccccc3)[nH]c12. The lowest BCUT2D eigenvalue weighted by atomic mass is 10.2. The van der Waals surface area contributed by atoms with Crippen molar-refractivity contribution in [3.63, 3.8) is 0 Å².